The maximum absolute atomic E-state index is 8.00. The van der Waals surface area contributed by atoms with E-state index >= 15 is 0 Å². The maximum Gasteiger partial charge on any atom is 4.00 e. The molecule has 9 aromatic rings. The van der Waals surface area contributed by atoms with Crippen molar-refractivity contribution in [3.63, 3.8) is 0 Å². The molecule has 0 fully saturated rings. The van der Waals surface area contributed by atoms with Crippen LogP contribution in [0.1, 0.15) is 5.71 Å². The molecular formula is C55H51OP3Pt. The Morgan fingerprint density at radius 1 is 0.200 bits per heavy atom. The fraction of sp³-hybridized carbons (Fsp3) is 0. The van der Waals surface area contributed by atoms with Crippen molar-refractivity contribution in [3.8, 4) is 0 Å². The van der Waals surface area contributed by atoms with Gasteiger partial charge in [0, 0.05) is 0 Å². The molecule has 0 spiro atoms. The monoisotopic (exact) mass is 1020 g/mol. The van der Waals surface area contributed by atoms with Crippen molar-refractivity contribution in [2.45, 2.75) is 0 Å². The SMILES string of the molecule is C=O.[H-].[H-].[H-].[H-].[Pt+4].c1ccc(P(c2ccccc2)c2ccccc2)cc1.c1ccc(P(c2ccccc2)c2ccccc2)cc1.c1ccc(P(c2ccccc2)c2ccccc2)cc1. The molecule has 0 aliphatic rings. The smallest absolute Gasteiger partial charge is 1.00 e. The molecule has 0 atom stereocenters. The molecule has 0 aliphatic carbocycles. The molecule has 9 aromatic carbocycles. The number of benzene rings is 9. The predicted molar refractivity (Wildman–Crippen MR) is 267 cm³/mol. The molecule has 1 nitrogen and oxygen atoms in total. The summed E-state index contributed by atoms with van der Waals surface area (Å²) in [6, 6.07) is 97.0. The molecule has 0 saturated heterocycles. The van der Waals surface area contributed by atoms with E-state index in [1.165, 1.54) is 47.7 Å². The third-order valence-corrected chi connectivity index (χ3v) is 16.5. The average molecular weight is 1020 g/mol. The van der Waals surface area contributed by atoms with E-state index in [-0.39, 0.29) is 26.8 Å². The summed E-state index contributed by atoms with van der Waals surface area (Å²) in [6.45, 7) is 2.00. The summed E-state index contributed by atoms with van der Waals surface area (Å²) in [7, 11) is -1.34. The standard InChI is InChI=1S/3C18H15P.CH2O.Pt.4H/c3*1-4-10-16(11-5-1)19(17-12-6-2-7-13-17)18-14-8-3-9-15-18;1-2;;;;;/h3*1-15H;1H2;;;;;/q;;;;+4;4*-1. The average Bonchev–Trinajstić information content (AvgIpc) is 3.34. The van der Waals surface area contributed by atoms with Crippen LogP contribution in [-0.4, -0.2) is 6.79 Å². The molecule has 0 bridgehead atoms. The Bertz CT molecular complexity index is 1910. The normalized spacial score (nSPS) is 10.1. The van der Waals surface area contributed by atoms with Crippen LogP contribution in [0.15, 0.2) is 273 Å². The van der Waals surface area contributed by atoms with Gasteiger partial charge in [0.2, 0.25) is 0 Å². The van der Waals surface area contributed by atoms with E-state index in [1.54, 1.807) is 0 Å². The first-order valence-corrected chi connectivity index (χ1v) is 23.5. The van der Waals surface area contributed by atoms with E-state index in [1.807, 2.05) is 6.79 Å². The molecule has 302 valence electrons. The van der Waals surface area contributed by atoms with E-state index in [0.717, 1.165) is 0 Å². The predicted octanol–water partition coefficient (Wildman–Crippen LogP) is 10.6. The van der Waals surface area contributed by atoms with Crippen molar-refractivity contribution in [1.29, 1.82) is 0 Å². The van der Waals surface area contributed by atoms with Crippen LogP contribution in [0.5, 0.6) is 0 Å². The van der Waals surface area contributed by atoms with Crippen LogP contribution in [0, 0.1) is 0 Å². The van der Waals surface area contributed by atoms with Gasteiger partial charge in [-0.2, -0.15) is 0 Å². The van der Waals surface area contributed by atoms with Gasteiger partial charge in [-0.3, -0.25) is 0 Å². The molecule has 0 N–H and O–H groups in total. The van der Waals surface area contributed by atoms with Crippen molar-refractivity contribution < 1.29 is 31.6 Å². The van der Waals surface area contributed by atoms with E-state index in [4.69, 9.17) is 4.79 Å². The van der Waals surface area contributed by atoms with Crippen LogP contribution >= 0.6 is 23.8 Å². The fourth-order valence-electron chi connectivity index (χ4n) is 6.54. The van der Waals surface area contributed by atoms with Gasteiger partial charge in [-0.1, -0.05) is 273 Å². The van der Waals surface area contributed by atoms with Gasteiger partial charge in [0.1, 0.15) is 6.79 Å². The summed E-state index contributed by atoms with van der Waals surface area (Å²) in [5.41, 5.74) is 0. The number of rotatable bonds is 9. The summed E-state index contributed by atoms with van der Waals surface area (Å²) < 4.78 is 0. The largest absolute Gasteiger partial charge is 4.00 e. The maximum atomic E-state index is 8.00. The second-order valence-corrected chi connectivity index (χ2v) is 19.7. The van der Waals surface area contributed by atoms with Crippen LogP contribution in [0.2, 0.25) is 0 Å². The second kappa shape index (κ2) is 26.0. The second-order valence-electron chi connectivity index (χ2n) is 13.0. The van der Waals surface area contributed by atoms with Crippen LogP contribution in [0.25, 0.3) is 0 Å². The Kier molecular flexibility index (Phi) is 19.8. The molecular weight excluding hydrogens is 965 g/mol. The van der Waals surface area contributed by atoms with E-state index < -0.39 is 23.8 Å². The number of hydrogen-bond acceptors (Lipinski definition) is 1. The van der Waals surface area contributed by atoms with Gasteiger partial charge in [0.15, 0.2) is 0 Å². The summed E-state index contributed by atoms with van der Waals surface area (Å²) in [5.74, 6) is 0. The van der Waals surface area contributed by atoms with Crippen LogP contribution in [0.4, 0.5) is 0 Å². The van der Waals surface area contributed by atoms with E-state index in [2.05, 4.69) is 273 Å². The van der Waals surface area contributed by atoms with Gasteiger partial charge in [-0.05, 0) is 71.5 Å². The number of hydrogen-bond donors (Lipinski definition) is 0. The zero-order valence-corrected chi connectivity index (χ0v) is 38.2. The van der Waals surface area contributed by atoms with Crippen LogP contribution in [0.3, 0.4) is 0 Å². The molecule has 9 rings (SSSR count). The van der Waals surface area contributed by atoms with Gasteiger partial charge >= 0.3 is 21.1 Å². The molecule has 5 heteroatoms. The summed E-state index contributed by atoms with van der Waals surface area (Å²) in [5, 5.41) is 12.6. The van der Waals surface area contributed by atoms with Gasteiger partial charge in [0.05, 0.1) is 0 Å². The third-order valence-electron chi connectivity index (χ3n) is 9.13. The summed E-state index contributed by atoms with van der Waals surface area (Å²) in [4.78, 5) is 8.00. The molecule has 0 aliphatic heterocycles. The van der Waals surface area contributed by atoms with E-state index in [0.29, 0.717) is 0 Å². The Morgan fingerprint density at radius 3 is 0.367 bits per heavy atom. The number of carbonyl (C=O) groups is 1. The van der Waals surface area contributed by atoms with Crippen molar-refractivity contribution in [3.05, 3.63) is 273 Å². The van der Waals surface area contributed by atoms with Crippen molar-refractivity contribution >= 4 is 78.3 Å². The quantitative estimate of drug-likeness (QED) is 0.132. The zero-order valence-electron chi connectivity index (χ0n) is 37.3. The zero-order chi connectivity index (χ0) is 40.7. The van der Waals surface area contributed by atoms with Gasteiger partial charge < -0.3 is 10.5 Å². The fourth-order valence-corrected chi connectivity index (χ4v) is 13.5. The minimum absolute atomic E-state index is 0. The minimum Gasteiger partial charge on any atom is -1.00 e. The summed E-state index contributed by atoms with van der Waals surface area (Å²) in [6.07, 6.45) is 0. The Balaban J connectivity index is 0.000000453. The van der Waals surface area contributed by atoms with Crippen LogP contribution < -0.4 is 47.7 Å². The minimum atomic E-state index is -0.446. The number of carbonyl (C=O) groups excluding carboxylic acids is 1. The van der Waals surface area contributed by atoms with Crippen molar-refractivity contribution in [1.82, 2.24) is 0 Å². The summed E-state index contributed by atoms with van der Waals surface area (Å²) >= 11 is 0. The van der Waals surface area contributed by atoms with Crippen molar-refractivity contribution in [2.24, 2.45) is 0 Å². The Morgan fingerprint density at radius 2 is 0.283 bits per heavy atom. The van der Waals surface area contributed by atoms with Crippen LogP contribution in [-0.2, 0) is 25.9 Å². The topological polar surface area (TPSA) is 17.1 Å². The third kappa shape index (κ3) is 13.3. The first kappa shape index (κ1) is 45.7. The molecule has 0 heterocycles. The van der Waals surface area contributed by atoms with Gasteiger partial charge in [0.25, 0.3) is 0 Å². The molecule has 60 heavy (non-hydrogen) atoms. The van der Waals surface area contributed by atoms with E-state index in [9.17, 15) is 0 Å². The Labute approximate surface area is 380 Å². The Hall–Kier alpha value is -5.37. The van der Waals surface area contributed by atoms with Gasteiger partial charge in [-0.25, -0.2) is 0 Å². The van der Waals surface area contributed by atoms with Gasteiger partial charge in [-0.15, -0.1) is 0 Å². The molecule has 0 amide bonds. The molecule has 0 aromatic heterocycles. The first-order valence-electron chi connectivity index (χ1n) is 19.5. The van der Waals surface area contributed by atoms with Crippen molar-refractivity contribution in [2.75, 3.05) is 0 Å². The molecule has 0 radical (unpaired) electrons. The first-order chi connectivity index (χ1) is 29.3. The molecule has 0 saturated carbocycles. The molecule has 0 unspecified atom stereocenters.